The number of carbonyl (C=O) groups is 2. The highest BCUT2D eigenvalue weighted by Gasteiger charge is 2.22. The number of benzene rings is 1. The molecule has 4 rings (SSSR count). The van der Waals surface area contributed by atoms with Gasteiger partial charge in [-0.3, -0.25) is 14.5 Å². The van der Waals surface area contributed by atoms with Crippen molar-refractivity contribution in [2.45, 2.75) is 51.9 Å². The van der Waals surface area contributed by atoms with Gasteiger partial charge in [-0.1, -0.05) is 42.1 Å². The van der Waals surface area contributed by atoms with Gasteiger partial charge in [0.1, 0.15) is 5.82 Å². The number of hydrogen-bond acceptors (Lipinski definition) is 6. The van der Waals surface area contributed by atoms with Gasteiger partial charge in [0, 0.05) is 11.3 Å². The highest BCUT2D eigenvalue weighted by atomic mass is 32.2. The van der Waals surface area contributed by atoms with E-state index in [0.29, 0.717) is 17.8 Å². The Morgan fingerprint density at radius 3 is 2.44 bits per heavy atom. The maximum absolute atomic E-state index is 13.0. The minimum atomic E-state index is -0.0431. The molecule has 168 valence electrons. The van der Waals surface area contributed by atoms with Gasteiger partial charge in [-0.15, -0.1) is 10.2 Å². The molecule has 1 N–H and O–H groups in total. The number of rotatable bonds is 9. The van der Waals surface area contributed by atoms with E-state index in [1.807, 2.05) is 32.0 Å². The average molecular weight is 452 g/mol. The van der Waals surface area contributed by atoms with Crippen molar-refractivity contribution in [1.29, 1.82) is 0 Å². The summed E-state index contributed by atoms with van der Waals surface area (Å²) in [5.74, 6) is 1.08. The monoisotopic (exact) mass is 451 g/mol. The molecule has 0 aliphatic carbocycles. The van der Waals surface area contributed by atoms with Crippen molar-refractivity contribution in [1.82, 2.24) is 24.6 Å². The predicted octanol–water partition coefficient (Wildman–Crippen LogP) is 4.04. The van der Waals surface area contributed by atoms with E-state index in [2.05, 4.69) is 36.8 Å². The first kappa shape index (κ1) is 22.5. The first-order valence-corrected chi connectivity index (χ1v) is 12.0. The third kappa shape index (κ3) is 4.86. The third-order valence-electron chi connectivity index (χ3n) is 5.94. The van der Waals surface area contributed by atoms with Gasteiger partial charge in [0.15, 0.2) is 16.7 Å². The van der Waals surface area contributed by atoms with Crippen LogP contribution in [0.4, 0.5) is 0 Å². The second kappa shape index (κ2) is 9.83. The number of ketones is 2. The summed E-state index contributed by atoms with van der Waals surface area (Å²) in [7, 11) is 0. The summed E-state index contributed by atoms with van der Waals surface area (Å²) in [4.78, 5) is 30.4. The number of nitrogens with zero attached hydrogens (tertiary/aromatic N) is 4. The van der Waals surface area contributed by atoms with Crippen LogP contribution in [-0.4, -0.2) is 55.1 Å². The lowest BCUT2D eigenvalue weighted by molar-refractivity contribution is 0.101. The summed E-state index contributed by atoms with van der Waals surface area (Å²) in [6.07, 6.45) is 2.44. The third-order valence-corrected chi connectivity index (χ3v) is 6.91. The van der Waals surface area contributed by atoms with Crippen LogP contribution < -0.4 is 0 Å². The number of carbonyl (C=O) groups excluding carboxylic acids is 2. The van der Waals surface area contributed by atoms with E-state index < -0.39 is 0 Å². The van der Waals surface area contributed by atoms with Crippen molar-refractivity contribution in [3.05, 3.63) is 64.2 Å². The summed E-state index contributed by atoms with van der Waals surface area (Å²) in [6, 6.07) is 10.2. The number of likely N-dealkylation sites (tertiary alicyclic amines) is 1. The SMILES string of the molecule is CC(=O)c1c(C)[nH]c(C(=O)CSc2nnc(CN3CCCC3)n2Cc2ccccc2)c1C. The van der Waals surface area contributed by atoms with Gasteiger partial charge < -0.3 is 9.55 Å². The number of hydrogen-bond donors (Lipinski definition) is 1. The molecule has 0 radical (unpaired) electrons. The van der Waals surface area contributed by atoms with E-state index in [4.69, 9.17) is 0 Å². The molecule has 0 spiro atoms. The molecule has 1 fully saturated rings. The maximum atomic E-state index is 13.0. The fourth-order valence-corrected chi connectivity index (χ4v) is 5.20. The van der Waals surface area contributed by atoms with Crippen LogP contribution in [0.1, 0.15) is 63.3 Å². The van der Waals surface area contributed by atoms with Crippen LogP contribution in [0.3, 0.4) is 0 Å². The molecule has 0 amide bonds. The van der Waals surface area contributed by atoms with Gasteiger partial charge in [-0.05, 0) is 57.8 Å². The Kier molecular flexibility index (Phi) is 6.91. The zero-order chi connectivity index (χ0) is 22.7. The van der Waals surface area contributed by atoms with Gasteiger partial charge in [0.25, 0.3) is 0 Å². The number of aromatic nitrogens is 4. The Bertz CT molecular complexity index is 1110. The minimum absolute atomic E-state index is 0.0305. The number of thioether (sulfide) groups is 1. The lowest BCUT2D eigenvalue weighted by atomic mass is 10.1. The van der Waals surface area contributed by atoms with Crippen LogP contribution in [0.25, 0.3) is 0 Å². The molecule has 3 aromatic rings. The molecule has 7 nitrogen and oxygen atoms in total. The molecule has 1 aliphatic rings. The van der Waals surface area contributed by atoms with Crippen molar-refractivity contribution < 1.29 is 9.59 Å². The fourth-order valence-electron chi connectivity index (χ4n) is 4.37. The molecule has 0 bridgehead atoms. The van der Waals surface area contributed by atoms with Crippen LogP contribution in [0.5, 0.6) is 0 Å². The standard InChI is InChI=1S/C24H29N5O2S/c1-16-22(18(3)30)17(2)25-23(16)20(31)15-32-24-27-26-21(14-28-11-7-8-12-28)29(24)13-19-9-5-4-6-10-19/h4-6,9-10,25H,7-8,11-15H2,1-3H3. The molecule has 8 heteroatoms. The van der Waals surface area contributed by atoms with Crippen LogP contribution in [0.15, 0.2) is 35.5 Å². The molecule has 0 unspecified atom stereocenters. The van der Waals surface area contributed by atoms with Crippen molar-refractivity contribution in [2.75, 3.05) is 18.8 Å². The summed E-state index contributed by atoms with van der Waals surface area (Å²) in [5, 5.41) is 9.64. The highest BCUT2D eigenvalue weighted by Crippen LogP contribution is 2.24. The van der Waals surface area contributed by atoms with Crippen molar-refractivity contribution in [3.63, 3.8) is 0 Å². The normalized spacial score (nSPS) is 14.2. The lowest BCUT2D eigenvalue weighted by Crippen LogP contribution is -2.21. The van der Waals surface area contributed by atoms with Crippen molar-refractivity contribution >= 4 is 23.3 Å². The van der Waals surface area contributed by atoms with Gasteiger partial charge in [-0.25, -0.2) is 0 Å². The molecule has 2 aromatic heterocycles. The van der Waals surface area contributed by atoms with E-state index in [1.165, 1.54) is 37.1 Å². The van der Waals surface area contributed by atoms with Crippen LogP contribution in [0.2, 0.25) is 0 Å². The fraction of sp³-hybridized carbons (Fsp3) is 0.417. The molecule has 0 saturated carbocycles. The van der Waals surface area contributed by atoms with Crippen molar-refractivity contribution in [3.8, 4) is 0 Å². The molecule has 1 aliphatic heterocycles. The quantitative estimate of drug-likeness (QED) is 0.390. The number of H-pyrrole nitrogens is 1. The molecular formula is C24H29N5O2S. The summed E-state index contributed by atoms with van der Waals surface area (Å²) in [6.45, 7) is 8.79. The van der Waals surface area contributed by atoms with Crippen LogP contribution in [0, 0.1) is 13.8 Å². The number of Topliss-reactive ketones (excluding diaryl/α,β-unsaturated/α-hetero) is 2. The Hall–Kier alpha value is -2.71. The smallest absolute Gasteiger partial charge is 0.192 e. The first-order chi connectivity index (χ1) is 15.4. The molecular weight excluding hydrogens is 422 g/mol. The molecule has 3 heterocycles. The van der Waals surface area contributed by atoms with Gasteiger partial charge in [-0.2, -0.15) is 0 Å². The second-order valence-corrected chi connectivity index (χ2v) is 9.29. The molecule has 1 aromatic carbocycles. The Labute approximate surface area is 192 Å². The lowest BCUT2D eigenvalue weighted by Gasteiger charge is -2.16. The van der Waals surface area contributed by atoms with E-state index in [-0.39, 0.29) is 17.3 Å². The van der Waals surface area contributed by atoms with Crippen molar-refractivity contribution in [2.24, 2.45) is 0 Å². The Balaban J connectivity index is 1.53. The largest absolute Gasteiger partial charge is 0.355 e. The zero-order valence-electron chi connectivity index (χ0n) is 18.9. The van der Waals surface area contributed by atoms with Crippen LogP contribution in [-0.2, 0) is 13.1 Å². The van der Waals surface area contributed by atoms with E-state index in [9.17, 15) is 9.59 Å². The summed E-state index contributed by atoms with van der Waals surface area (Å²) >= 11 is 1.40. The maximum Gasteiger partial charge on any atom is 0.192 e. The highest BCUT2D eigenvalue weighted by molar-refractivity contribution is 7.99. The number of aromatic amines is 1. The van der Waals surface area contributed by atoms with E-state index in [1.54, 1.807) is 0 Å². The number of nitrogens with one attached hydrogen (secondary N) is 1. The average Bonchev–Trinajstić information content (AvgIpc) is 3.48. The second-order valence-electron chi connectivity index (χ2n) is 8.35. The zero-order valence-corrected chi connectivity index (χ0v) is 19.7. The van der Waals surface area contributed by atoms with Crippen LogP contribution >= 0.6 is 11.8 Å². The summed E-state index contributed by atoms with van der Waals surface area (Å²) in [5.41, 5.74) is 3.75. The first-order valence-electron chi connectivity index (χ1n) is 11.0. The summed E-state index contributed by atoms with van der Waals surface area (Å²) < 4.78 is 2.12. The Morgan fingerprint density at radius 2 is 1.78 bits per heavy atom. The molecule has 32 heavy (non-hydrogen) atoms. The topological polar surface area (TPSA) is 83.9 Å². The minimum Gasteiger partial charge on any atom is -0.355 e. The van der Waals surface area contributed by atoms with Gasteiger partial charge >= 0.3 is 0 Å². The molecule has 0 atom stereocenters. The van der Waals surface area contributed by atoms with E-state index in [0.717, 1.165) is 41.9 Å². The van der Waals surface area contributed by atoms with Gasteiger partial charge in [0.05, 0.1) is 24.5 Å². The number of aryl methyl sites for hydroxylation is 1. The van der Waals surface area contributed by atoms with E-state index >= 15 is 0 Å². The predicted molar refractivity (Wildman–Crippen MR) is 125 cm³/mol. The molecule has 1 saturated heterocycles. The Morgan fingerprint density at radius 1 is 1.06 bits per heavy atom. The van der Waals surface area contributed by atoms with Gasteiger partial charge in [0.2, 0.25) is 0 Å².